The minimum Gasteiger partial charge on any atom is -0.481 e. The van der Waals surface area contributed by atoms with E-state index in [1.54, 1.807) is 6.20 Å². The van der Waals surface area contributed by atoms with Gasteiger partial charge in [-0.15, -0.1) is 0 Å². The van der Waals surface area contributed by atoms with E-state index >= 15 is 0 Å². The van der Waals surface area contributed by atoms with Crippen molar-refractivity contribution in [3.8, 4) is 0 Å². The average Bonchev–Trinajstić information content (AvgIpc) is 3.17. The number of rotatable bonds is 6. The lowest BCUT2D eigenvalue weighted by molar-refractivity contribution is -0.137. The van der Waals surface area contributed by atoms with Crippen molar-refractivity contribution in [2.24, 2.45) is 0 Å². The summed E-state index contributed by atoms with van der Waals surface area (Å²) in [7, 11) is 0. The molecule has 1 aliphatic rings. The minimum absolute atomic E-state index is 0.205. The first-order valence-electron chi connectivity index (χ1n) is 6.61. The van der Waals surface area contributed by atoms with Gasteiger partial charge in [-0.3, -0.25) is 9.69 Å². The number of aromatic nitrogens is 2. The first kappa shape index (κ1) is 12.2. The molecule has 0 spiro atoms. The van der Waals surface area contributed by atoms with Gasteiger partial charge in [-0.1, -0.05) is 0 Å². The zero-order chi connectivity index (χ0) is 13.2. The smallest absolute Gasteiger partial charge is 0.304 e. The number of aliphatic carboxylic acids is 1. The highest BCUT2D eigenvalue weighted by atomic mass is 16.4. The monoisotopic (exact) mass is 259 g/mol. The lowest BCUT2D eigenvalue weighted by Gasteiger charge is -2.20. The molecule has 0 amide bonds. The summed E-state index contributed by atoms with van der Waals surface area (Å²) in [5, 5.41) is 9.95. The molecule has 0 radical (unpaired) electrons. The molecule has 100 valence electrons. The Balaban J connectivity index is 1.75. The second-order valence-electron chi connectivity index (χ2n) is 5.06. The molecule has 1 fully saturated rings. The summed E-state index contributed by atoms with van der Waals surface area (Å²) >= 11 is 0. The molecule has 3 rings (SSSR count). The fourth-order valence-corrected chi connectivity index (χ4v) is 2.43. The number of carbonyl (C=O) groups is 1. The minimum atomic E-state index is -0.730. The number of hydrogen-bond donors (Lipinski definition) is 2. The molecule has 2 N–H and O–H groups in total. The van der Waals surface area contributed by atoms with E-state index in [2.05, 4.69) is 20.9 Å². The van der Waals surface area contributed by atoms with Crippen LogP contribution in [0.3, 0.4) is 0 Å². The third-order valence-corrected chi connectivity index (χ3v) is 3.59. The second kappa shape index (κ2) is 5.01. The first-order valence-corrected chi connectivity index (χ1v) is 6.61. The van der Waals surface area contributed by atoms with Crippen LogP contribution in [-0.4, -0.2) is 38.5 Å². The average molecular weight is 259 g/mol. The number of nitrogens with one attached hydrogen (secondary N) is 1. The Labute approximate surface area is 111 Å². The van der Waals surface area contributed by atoms with Crippen LogP contribution in [-0.2, 0) is 11.3 Å². The Morgan fingerprint density at radius 3 is 3.11 bits per heavy atom. The van der Waals surface area contributed by atoms with Crippen molar-refractivity contribution in [2.45, 2.75) is 31.8 Å². The molecule has 2 aromatic heterocycles. The van der Waals surface area contributed by atoms with Gasteiger partial charge >= 0.3 is 5.97 Å². The van der Waals surface area contributed by atoms with Gasteiger partial charge in [0.15, 0.2) is 0 Å². The molecule has 0 unspecified atom stereocenters. The number of hydrogen-bond acceptors (Lipinski definition) is 3. The molecule has 5 heteroatoms. The molecule has 0 aromatic carbocycles. The largest absolute Gasteiger partial charge is 0.481 e. The van der Waals surface area contributed by atoms with Crippen molar-refractivity contribution in [3.63, 3.8) is 0 Å². The fourth-order valence-electron chi connectivity index (χ4n) is 2.43. The fraction of sp³-hybridized carbons (Fsp3) is 0.429. The Kier molecular flexibility index (Phi) is 3.21. The van der Waals surface area contributed by atoms with E-state index in [4.69, 9.17) is 5.11 Å². The molecule has 0 bridgehead atoms. The second-order valence-corrected chi connectivity index (χ2v) is 5.06. The van der Waals surface area contributed by atoms with Gasteiger partial charge in [0.1, 0.15) is 5.65 Å². The predicted molar refractivity (Wildman–Crippen MR) is 71.8 cm³/mol. The third-order valence-electron chi connectivity index (χ3n) is 3.59. The van der Waals surface area contributed by atoms with E-state index in [0.29, 0.717) is 12.6 Å². The topological polar surface area (TPSA) is 69.2 Å². The Morgan fingerprint density at radius 2 is 2.37 bits per heavy atom. The molecule has 19 heavy (non-hydrogen) atoms. The summed E-state index contributed by atoms with van der Waals surface area (Å²) in [4.78, 5) is 20.4. The maximum Gasteiger partial charge on any atom is 0.304 e. The number of aromatic amines is 1. The molecule has 0 saturated heterocycles. The molecule has 5 nitrogen and oxygen atoms in total. The van der Waals surface area contributed by atoms with Gasteiger partial charge in [0.05, 0.1) is 6.42 Å². The molecule has 0 atom stereocenters. The Hall–Kier alpha value is -1.88. The molecule has 2 aromatic rings. The van der Waals surface area contributed by atoms with Crippen LogP contribution in [0.2, 0.25) is 0 Å². The SMILES string of the molecule is O=C(O)CCN(Cc1c[nH]c2ncccc12)C1CC1. The summed E-state index contributed by atoms with van der Waals surface area (Å²) in [6.07, 6.45) is 6.32. The number of carboxylic acid groups (broad SMARTS) is 1. The van der Waals surface area contributed by atoms with Crippen LogP contribution in [0.4, 0.5) is 0 Å². The van der Waals surface area contributed by atoms with Crippen LogP contribution in [0.5, 0.6) is 0 Å². The predicted octanol–water partition coefficient (Wildman–Crippen LogP) is 2.00. The van der Waals surface area contributed by atoms with Crippen molar-refractivity contribution in [1.82, 2.24) is 14.9 Å². The van der Waals surface area contributed by atoms with Crippen molar-refractivity contribution >= 4 is 17.0 Å². The van der Waals surface area contributed by atoms with Crippen LogP contribution in [0.1, 0.15) is 24.8 Å². The van der Waals surface area contributed by atoms with Crippen molar-refractivity contribution in [1.29, 1.82) is 0 Å². The lowest BCUT2D eigenvalue weighted by atomic mass is 10.2. The summed E-state index contributed by atoms with van der Waals surface area (Å²) < 4.78 is 0. The van der Waals surface area contributed by atoms with E-state index in [9.17, 15) is 4.79 Å². The molecule has 1 aliphatic carbocycles. The van der Waals surface area contributed by atoms with Gasteiger partial charge in [0, 0.05) is 36.9 Å². The van der Waals surface area contributed by atoms with Crippen molar-refractivity contribution < 1.29 is 9.90 Å². The summed E-state index contributed by atoms with van der Waals surface area (Å²) in [6, 6.07) is 4.54. The van der Waals surface area contributed by atoms with Crippen molar-refractivity contribution in [3.05, 3.63) is 30.1 Å². The Bertz CT molecular complexity index is 589. The van der Waals surface area contributed by atoms with E-state index in [1.165, 1.54) is 18.4 Å². The maximum absolute atomic E-state index is 10.7. The summed E-state index contributed by atoms with van der Waals surface area (Å²) in [5.74, 6) is -0.730. The van der Waals surface area contributed by atoms with Gasteiger partial charge < -0.3 is 10.1 Å². The molecular weight excluding hydrogens is 242 g/mol. The normalized spacial score (nSPS) is 15.2. The van der Waals surface area contributed by atoms with Crippen LogP contribution in [0.25, 0.3) is 11.0 Å². The van der Waals surface area contributed by atoms with Crippen LogP contribution in [0, 0.1) is 0 Å². The lowest BCUT2D eigenvalue weighted by Crippen LogP contribution is -2.28. The third kappa shape index (κ3) is 2.76. The number of fused-ring (bicyclic) bond motifs is 1. The van der Waals surface area contributed by atoms with Gasteiger partial charge in [-0.2, -0.15) is 0 Å². The highest BCUT2D eigenvalue weighted by Gasteiger charge is 2.29. The van der Waals surface area contributed by atoms with E-state index in [-0.39, 0.29) is 6.42 Å². The quantitative estimate of drug-likeness (QED) is 0.832. The highest BCUT2D eigenvalue weighted by molar-refractivity contribution is 5.79. The number of carboxylic acids is 1. The molecule has 0 aliphatic heterocycles. The van der Waals surface area contributed by atoms with E-state index in [0.717, 1.165) is 17.6 Å². The first-order chi connectivity index (χ1) is 9.24. The zero-order valence-corrected chi connectivity index (χ0v) is 10.7. The van der Waals surface area contributed by atoms with Gasteiger partial charge in [-0.25, -0.2) is 4.98 Å². The van der Waals surface area contributed by atoms with Crippen LogP contribution >= 0.6 is 0 Å². The van der Waals surface area contributed by atoms with E-state index in [1.807, 2.05) is 12.3 Å². The van der Waals surface area contributed by atoms with Gasteiger partial charge in [0.2, 0.25) is 0 Å². The van der Waals surface area contributed by atoms with Gasteiger partial charge in [-0.05, 0) is 30.5 Å². The maximum atomic E-state index is 10.7. The number of pyridine rings is 1. The van der Waals surface area contributed by atoms with Gasteiger partial charge in [0.25, 0.3) is 0 Å². The zero-order valence-electron chi connectivity index (χ0n) is 10.7. The summed E-state index contributed by atoms with van der Waals surface area (Å²) in [6.45, 7) is 1.41. The molecular formula is C14H17N3O2. The molecule has 1 saturated carbocycles. The van der Waals surface area contributed by atoms with Crippen molar-refractivity contribution in [2.75, 3.05) is 6.54 Å². The molecule has 2 heterocycles. The van der Waals surface area contributed by atoms with Crippen LogP contribution in [0.15, 0.2) is 24.5 Å². The van der Waals surface area contributed by atoms with E-state index < -0.39 is 5.97 Å². The number of nitrogens with zero attached hydrogens (tertiary/aromatic N) is 2. The Morgan fingerprint density at radius 1 is 1.53 bits per heavy atom. The standard InChI is InChI=1S/C14H17N3O2/c18-13(19)5-7-17(11-3-4-11)9-10-8-16-14-12(10)2-1-6-15-14/h1-2,6,8,11H,3-5,7,9H2,(H,15,16)(H,18,19). The number of H-pyrrole nitrogens is 1. The van der Waals surface area contributed by atoms with Crippen LogP contribution < -0.4 is 0 Å². The summed E-state index contributed by atoms with van der Waals surface area (Å²) in [5.41, 5.74) is 2.09. The highest BCUT2D eigenvalue weighted by Crippen LogP contribution is 2.29.